The molecule has 0 fully saturated rings. The van der Waals surface area contributed by atoms with Gasteiger partial charge >= 0.3 is 5.97 Å². The van der Waals surface area contributed by atoms with Crippen molar-refractivity contribution in [3.63, 3.8) is 0 Å². The minimum absolute atomic E-state index is 0.0172. The molecule has 3 nitrogen and oxygen atoms in total. The Balaban J connectivity index is 3.31. The normalized spacial score (nSPS) is 12.9. The molecule has 144 valence electrons. The largest absolute Gasteiger partial charge is 0.479 e. The van der Waals surface area contributed by atoms with Gasteiger partial charge in [0, 0.05) is 0 Å². The van der Waals surface area contributed by atoms with Crippen molar-refractivity contribution in [3.8, 4) is 0 Å². The van der Waals surface area contributed by atoms with Crippen LogP contribution in [-0.4, -0.2) is 23.3 Å². The van der Waals surface area contributed by atoms with Gasteiger partial charge in [0.25, 0.3) is 0 Å². The van der Waals surface area contributed by atoms with E-state index in [0.29, 0.717) is 6.42 Å². The van der Waals surface area contributed by atoms with Crippen LogP contribution in [0.15, 0.2) is 0 Å². The van der Waals surface area contributed by atoms with Gasteiger partial charge in [0.05, 0.1) is 6.10 Å². The molecule has 0 amide bonds. The fourth-order valence-corrected chi connectivity index (χ4v) is 3.05. The Labute approximate surface area is 150 Å². The van der Waals surface area contributed by atoms with Gasteiger partial charge in [0.2, 0.25) is 0 Å². The Morgan fingerprint density at radius 1 is 0.708 bits per heavy atom. The molecule has 0 aromatic heterocycles. The van der Waals surface area contributed by atoms with E-state index in [2.05, 4.69) is 13.8 Å². The second kappa shape index (κ2) is 15.9. The molecule has 0 aromatic carbocycles. The highest BCUT2D eigenvalue weighted by Gasteiger charge is 2.18. The zero-order chi connectivity index (χ0) is 18.2. The zero-order valence-corrected chi connectivity index (χ0v) is 16.7. The third-order valence-electron chi connectivity index (χ3n) is 4.46. The van der Waals surface area contributed by atoms with Crippen molar-refractivity contribution in [2.24, 2.45) is 5.92 Å². The first-order valence-corrected chi connectivity index (χ1v) is 10.3. The van der Waals surface area contributed by atoms with Crippen LogP contribution in [0.1, 0.15) is 111 Å². The number of hydrogen-bond donors (Lipinski definition) is 1. The van der Waals surface area contributed by atoms with Gasteiger partial charge in [-0.15, -0.1) is 0 Å². The van der Waals surface area contributed by atoms with E-state index in [0.717, 1.165) is 18.8 Å². The predicted molar refractivity (Wildman–Crippen MR) is 103 cm³/mol. The summed E-state index contributed by atoms with van der Waals surface area (Å²) in [5.41, 5.74) is 0. The average Bonchev–Trinajstić information content (AvgIpc) is 2.49. The highest BCUT2D eigenvalue weighted by atomic mass is 16.5. The van der Waals surface area contributed by atoms with E-state index in [1.54, 1.807) is 0 Å². The van der Waals surface area contributed by atoms with Gasteiger partial charge in [-0.05, 0) is 26.2 Å². The molecule has 0 radical (unpaired) electrons. The van der Waals surface area contributed by atoms with Crippen LogP contribution in [0.3, 0.4) is 0 Å². The van der Waals surface area contributed by atoms with E-state index in [9.17, 15) is 4.79 Å². The van der Waals surface area contributed by atoms with Crippen molar-refractivity contribution in [2.75, 3.05) is 0 Å². The van der Waals surface area contributed by atoms with Gasteiger partial charge in [0.15, 0.2) is 6.10 Å². The molecule has 0 rings (SSSR count). The molecule has 0 aromatic rings. The Bertz CT molecular complexity index is 287. The number of carboxylic acid groups (broad SMARTS) is 1. The highest BCUT2D eigenvalue weighted by molar-refractivity contribution is 5.72. The van der Waals surface area contributed by atoms with Crippen molar-refractivity contribution < 1.29 is 14.6 Å². The third-order valence-corrected chi connectivity index (χ3v) is 4.46. The fourth-order valence-electron chi connectivity index (χ4n) is 3.05. The Morgan fingerprint density at radius 3 is 1.42 bits per heavy atom. The maximum Gasteiger partial charge on any atom is 0.332 e. The van der Waals surface area contributed by atoms with Gasteiger partial charge in [-0.3, -0.25) is 0 Å². The van der Waals surface area contributed by atoms with E-state index in [1.165, 1.54) is 64.2 Å². The lowest BCUT2D eigenvalue weighted by molar-refractivity contribution is -0.153. The smallest absolute Gasteiger partial charge is 0.332 e. The van der Waals surface area contributed by atoms with Gasteiger partial charge in [-0.2, -0.15) is 0 Å². The molecule has 3 heteroatoms. The summed E-state index contributed by atoms with van der Waals surface area (Å²) in [5, 5.41) is 9.10. The van der Waals surface area contributed by atoms with E-state index in [4.69, 9.17) is 9.84 Å². The Kier molecular flexibility index (Phi) is 15.6. The molecule has 0 saturated carbocycles. The van der Waals surface area contributed by atoms with Crippen LogP contribution in [0.25, 0.3) is 0 Å². The maximum absolute atomic E-state index is 11.1. The van der Waals surface area contributed by atoms with Crippen LogP contribution in [0, 0.1) is 5.92 Å². The van der Waals surface area contributed by atoms with Crippen LogP contribution < -0.4 is 0 Å². The van der Waals surface area contributed by atoms with Crippen molar-refractivity contribution >= 4 is 5.97 Å². The number of rotatable bonds is 17. The molecule has 0 bridgehead atoms. The van der Waals surface area contributed by atoms with Gasteiger partial charge in [0.1, 0.15) is 0 Å². The number of carboxylic acids is 1. The van der Waals surface area contributed by atoms with Gasteiger partial charge in [-0.1, -0.05) is 90.9 Å². The molecule has 0 spiro atoms. The van der Waals surface area contributed by atoms with Crippen molar-refractivity contribution in [3.05, 3.63) is 0 Å². The molecule has 1 atom stereocenters. The lowest BCUT2D eigenvalue weighted by Gasteiger charge is -2.16. The van der Waals surface area contributed by atoms with Crippen molar-refractivity contribution in [1.29, 1.82) is 0 Å². The van der Waals surface area contributed by atoms with Crippen molar-refractivity contribution in [2.45, 2.75) is 123 Å². The fraction of sp³-hybridized carbons (Fsp3) is 0.952. The molecule has 24 heavy (non-hydrogen) atoms. The lowest BCUT2D eigenvalue weighted by atomic mass is 10.0. The zero-order valence-electron chi connectivity index (χ0n) is 16.7. The van der Waals surface area contributed by atoms with Crippen LogP contribution in [-0.2, 0) is 9.53 Å². The van der Waals surface area contributed by atoms with Crippen LogP contribution in [0.2, 0.25) is 0 Å². The van der Waals surface area contributed by atoms with E-state index >= 15 is 0 Å². The number of hydrogen-bond acceptors (Lipinski definition) is 2. The van der Waals surface area contributed by atoms with E-state index in [-0.39, 0.29) is 6.10 Å². The molecular formula is C21H42O3. The molecule has 0 heterocycles. The number of carbonyl (C=O) groups is 1. The second-order valence-corrected chi connectivity index (χ2v) is 7.87. The predicted octanol–water partition coefficient (Wildman–Crippen LogP) is 6.59. The van der Waals surface area contributed by atoms with Crippen LogP contribution in [0.5, 0.6) is 0 Å². The van der Waals surface area contributed by atoms with E-state index in [1.807, 2.05) is 13.8 Å². The summed E-state index contributed by atoms with van der Waals surface area (Å²) in [5.74, 6) is 0.0322. The first-order chi connectivity index (χ1) is 11.4. The van der Waals surface area contributed by atoms with Gasteiger partial charge < -0.3 is 9.84 Å². The maximum atomic E-state index is 11.1. The van der Waals surface area contributed by atoms with E-state index < -0.39 is 12.1 Å². The summed E-state index contributed by atoms with van der Waals surface area (Å²) >= 11 is 0. The van der Waals surface area contributed by atoms with Crippen LogP contribution >= 0.6 is 0 Å². The van der Waals surface area contributed by atoms with Crippen molar-refractivity contribution in [1.82, 2.24) is 0 Å². The summed E-state index contributed by atoms with van der Waals surface area (Å²) in [4.78, 5) is 11.1. The second-order valence-electron chi connectivity index (χ2n) is 7.87. The third kappa shape index (κ3) is 16.3. The SMILES string of the molecule is CC(C)CCCCCCCCCCCCCC(OC(C)C)C(=O)O. The van der Waals surface area contributed by atoms with Gasteiger partial charge in [-0.25, -0.2) is 4.79 Å². The Morgan fingerprint density at radius 2 is 1.08 bits per heavy atom. The molecule has 0 aliphatic carbocycles. The molecule has 1 N–H and O–H groups in total. The minimum atomic E-state index is -0.822. The summed E-state index contributed by atoms with van der Waals surface area (Å²) in [6.45, 7) is 8.39. The van der Waals surface area contributed by atoms with Crippen LogP contribution in [0.4, 0.5) is 0 Å². The molecule has 0 saturated heterocycles. The Hall–Kier alpha value is -0.570. The number of ether oxygens (including phenoxy) is 1. The standard InChI is InChI=1S/C21H42O3/c1-18(2)16-14-12-10-8-6-5-7-9-11-13-15-17-20(21(22)23)24-19(3)4/h18-20H,5-17H2,1-4H3,(H,22,23). The quantitative estimate of drug-likeness (QED) is 0.303. The molecule has 0 aliphatic heterocycles. The topological polar surface area (TPSA) is 46.5 Å². The molecule has 0 aliphatic rings. The first-order valence-electron chi connectivity index (χ1n) is 10.3. The molecule has 1 unspecified atom stereocenters. The lowest BCUT2D eigenvalue weighted by Crippen LogP contribution is -2.26. The number of aliphatic carboxylic acids is 1. The summed E-state index contributed by atoms with van der Waals surface area (Å²) in [6, 6.07) is 0. The molecular weight excluding hydrogens is 300 g/mol. The highest BCUT2D eigenvalue weighted by Crippen LogP contribution is 2.15. The summed E-state index contributed by atoms with van der Waals surface area (Å²) < 4.78 is 5.43. The number of unbranched alkanes of at least 4 members (excludes halogenated alkanes) is 10. The summed E-state index contributed by atoms with van der Waals surface area (Å²) in [7, 11) is 0. The summed E-state index contributed by atoms with van der Waals surface area (Å²) in [6.07, 6.45) is 15.6. The first kappa shape index (κ1) is 23.4. The monoisotopic (exact) mass is 342 g/mol. The average molecular weight is 343 g/mol. The minimum Gasteiger partial charge on any atom is -0.479 e.